The van der Waals surface area contributed by atoms with Crippen molar-refractivity contribution in [3.63, 3.8) is 0 Å². The molecule has 9 heteroatoms. The predicted octanol–water partition coefficient (Wildman–Crippen LogP) is 1.26. The zero-order valence-electron chi connectivity index (χ0n) is 16.8. The van der Waals surface area contributed by atoms with Gasteiger partial charge < -0.3 is 15.0 Å². The van der Waals surface area contributed by atoms with Crippen molar-refractivity contribution in [3.05, 3.63) is 35.4 Å². The van der Waals surface area contributed by atoms with Crippen molar-refractivity contribution in [1.82, 2.24) is 14.5 Å². The van der Waals surface area contributed by atoms with Gasteiger partial charge in [0.15, 0.2) is 5.78 Å². The van der Waals surface area contributed by atoms with Gasteiger partial charge in [-0.3, -0.25) is 4.79 Å². The number of sulfonamides is 1. The smallest absolute Gasteiger partial charge is 0.317 e. The van der Waals surface area contributed by atoms with E-state index < -0.39 is 10.0 Å². The maximum Gasteiger partial charge on any atom is 0.317 e. The summed E-state index contributed by atoms with van der Waals surface area (Å²) in [5.41, 5.74) is 1.83. The number of piperidine rings is 1. The summed E-state index contributed by atoms with van der Waals surface area (Å²) in [5, 5.41) is 2.69. The molecular weight excluding hydrogens is 394 g/mol. The summed E-state index contributed by atoms with van der Waals surface area (Å²) in [6, 6.07) is 7.29. The number of nitrogens with one attached hydrogen (secondary N) is 1. The van der Waals surface area contributed by atoms with Crippen LogP contribution >= 0.6 is 0 Å². The first-order chi connectivity index (χ1) is 13.9. The first-order valence-electron chi connectivity index (χ1n) is 10.1. The fraction of sp³-hybridized carbons (Fsp3) is 0.600. The average molecular weight is 424 g/mol. The van der Waals surface area contributed by atoms with Crippen molar-refractivity contribution in [1.29, 1.82) is 0 Å². The molecule has 2 saturated heterocycles. The largest absolute Gasteiger partial charge is 0.379 e. The van der Waals surface area contributed by atoms with Gasteiger partial charge in [-0.15, -0.1) is 0 Å². The first-order valence-corrected chi connectivity index (χ1v) is 11.7. The molecule has 3 rings (SSSR count). The maximum absolute atomic E-state index is 12.6. The number of hydrogen-bond donors (Lipinski definition) is 1. The van der Waals surface area contributed by atoms with Crippen LogP contribution in [-0.4, -0.2) is 81.1 Å². The number of likely N-dealkylation sites (tertiary alicyclic amines) is 1. The standard InChI is InChI=1S/C20H29N3O5S/c1-16-2-4-17(5-3-16)19(24)18-6-9-22(10-7-18)20(25)21-8-15-29(26,27)23-11-13-28-14-12-23/h2-5,18H,6-15H2,1H3,(H,21,25). The van der Waals surface area contributed by atoms with Crippen LogP contribution in [0.4, 0.5) is 4.79 Å². The lowest BCUT2D eigenvalue weighted by Crippen LogP contribution is -2.48. The normalized spacial score (nSPS) is 19.1. The first kappa shape index (κ1) is 21.7. The lowest BCUT2D eigenvalue weighted by Gasteiger charge is -2.31. The average Bonchev–Trinajstić information content (AvgIpc) is 2.74. The van der Waals surface area contributed by atoms with E-state index in [2.05, 4.69) is 5.32 Å². The Kier molecular flexibility index (Phi) is 7.26. The molecule has 1 aromatic carbocycles. The van der Waals surface area contributed by atoms with E-state index in [0.717, 1.165) is 5.56 Å². The molecule has 2 heterocycles. The van der Waals surface area contributed by atoms with E-state index in [1.807, 2.05) is 31.2 Å². The van der Waals surface area contributed by atoms with Gasteiger partial charge in [-0.25, -0.2) is 13.2 Å². The van der Waals surface area contributed by atoms with Gasteiger partial charge in [-0.05, 0) is 19.8 Å². The molecule has 160 valence electrons. The van der Waals surface area contributed by atoms with Crippen molar-refractivity contribution in [3.8, 4) is 0 Å². The van der Waals surface area contributed by atoms with Crippen molar-refractivity contribution in [2.24, 2.45) is 5.92 Å². The molecule has 2 aliphatic rings. The Hall–Kier alpha value is -1.97. The number of amides is 2. The van der Waals surface area contributed by atoms with Gasteiger partial charge in [0.25, 0.3) is 0 Å². The highest BCUT2D eigenvalue weighted by Crippen LogP contribution is 2.22. The number of hydrogen-bond acceptors (Lipinski definition) is 5. The van der Waals surface area contributed by atoms with Gasteiger partial charge in [-0.2, -0.15) is 4.31 Å². The summed E-state index contributed by atoms with van der Waals surface area (Å²) in [4.78, 5) is 26.6. The van der Waals surface area contributed by atoms with Crippen LogP contribution in [0.3, 0.4) is 0 Å². The lowest BCUT2D eigenvalue weighted by molar-refractivity contribution is 0.0730. The molecule has 0 saturated carbocycles. The second-order valence-corrected chi connectivity index (χ2v) is 9.64. The third-order valence-electron chi connectivity index (χ3n) is 5.49. The number of ether oxygens (including phenoxy) is 1. The SMILES string of the molecule is Cc1ccc(C(=O)C2CCN(C(=O)NCCS(=O)(=O)N3CCOCC3)CC2)cc1. The molecule has 29 heavy (non-hydrogen) atoms. The monoisotopic (exact) mass is 423 g/mol. The van der Waals surface area contributed by atoms with Gasteiger partial charge in [0.05, 0.1) is 19.0 Å². The molecule has 2 fully saturated rings. The molecule has 8 nitrogen and oxygen atoms in total. The molecule has 0 atom stereocenters. The number of nitrogens with zero attached hydrogens (tertiary/aromatic N) is 2. The molecule has 0 aliphatic carbocycles. The van der Waals surface area contributed by atoms with Gasteiger partial charge in [0.1, 0.15) is 0 Å². The van der Waals surface area contributed by atoms with Crippen molar-refractivity contribution >= 4 is 21.8 Å². The number of ketones is 1. The molecular formula is C20H29N3O5S. The number of carbonyl (C=O) groups is 2. The Morgan fingerprint density at radius 2 is 1.69 bits per heavy atom. The Morgan fingerprint density at radius 1 is 1.07 bits per heavy atom. The Morgan fingerprint density at radius 3 is 2.31 bits per heavy atom. The number of morpholine rings is 1. The Labute approximate surface area is 172 Å². The Bertz CT molecular complexity index is 811. The zero-order chi connectivity index (χ0) is 20.9. The third kappa shape index (κ3) is 5.77. The van der Waals surface area contributed by atoms with Crippen LogP contribution < -0.4 is 5.32 Å². The summed E-state index contributed by atoms with van der Waals surface area (Å²) in [5.74, 6) is -0.0775. The van der Waals surface area contributed by atoms with Crippen LogP contribution in [0, 0.1) is 12.8 Å². The number of benzene rings is 1. The summed E-state index contributed by atoms with van der Waals surface area (Å²) < 4.78 is 31.1. The van der Waals surface area contributed by atoms with E-state index in [0.29, 0.717) is 57.8 Å². The number of rotatable bonds is 6. The summed E-state index contributed by atoms with van der Waals surface area (Å²) >= 11 is 0. The minimum absolute atomic E-state index is 0.0702. The van der Waals surface area contributed by atoms with Crippen LogP contribution in [0.5, 0.6) is 0 Å². The molecule has 0 radical (unpaired) electrons. The molecule has 0 spiro atoms. The summed E-state index contributed by atoms with van der Waals surface area (Å²) in [7, 11) is -3.39. The number of urea groups is 1. The lowest BCUT2D eigenvalue weighted by atomic mass is 9.89. The molecule has 1 aromatic rings. The number of aryl methyl sites for hydroxylation is 1. The fourth-order valence-corrected chi connectivity index (χ4v) is 4.97. The van der Waals surface area contributed by atoms with Gasteiger partial charge in [0, 0.05) is 44.2 Å². The van der Waals surface area contributed by atoms with Crippen LogP contribution in [0.2, 0.25) is 0 Å². The number of Topliss-reactive ketones (excluding diaryl/α,β-unsaturated/α-hetero) is 1. The van der Waals surface area contributed by atoms with E-state index in [-0.39, 0.29) is 30.0 Å². The molecule has 0 unspecified atom stereocenters. The van der Waals surface area contributed by atoms with E-state index >= 15 is 0 Å². The van der Waals surface area contributed by atoms with E-state index in [1.54, 1.807) is 4.90 Å². The quantitative estimate of drug-likeness (QED) is 0.695. The van der Waals surface area contributed by atoms with Gasteiger partial charge >= 0.3 is 6.03 Å². The second kappa shape index (κ2) is 9.69. The molecule has 2 amide bonds. The van der Waals surface area contributed by atoms with Crippen LogP contribution in [0.15, 0.2) is 24.3 Å². The Balaban J connectivity index is 1.41. The van der Waals surface area contributed by atoms with Crippen molar-refractivity contribution in [2.45, 2.75) is 19.8 Å². The minimum Gasteiger partial charge on any atom is -0.379 e. The minimum atomic E-state index is -3.39. The van der Waals surface area contributed by atoms with Crippen molar-refractivity contribution < 1.29 is 22.7 Å². The molecule has 0 bridgehead atoms. The van der Waals surface area contributed by atoms with Crippen LogP contribution in [0.25, 0.3) is 0 Å². The third-order valence-corrected chi connectivity index (χ3v) is 7.36. The highest BCUT2D eigenvalue weighted by atomic mass is 32.2. The predicted molar refractivity (Wildman–Crippen MR) is 109 cm³/mol. The van der Waals surface area contributed by atoms with E-state index in [1.165, 1.54) is 4.31 Å². The topological polar surface area (TPSA) is 96.0 Å². The van der Waals surface area contributed by atoms with Crippen molar-refractivity contribution in [2.75, 3.05) is 51.7 Å². The fourth-order valence-electron chi connectivity index (χ4n) is 3.65. The second-order valence-electron chi connectivity index (χ2n) is 7.55. The highest BCUT2D eigenvalue weighted by molar-refractivity contribution is 7.89. The van der Waals surface area contributed by atoms with Gasteiger partial charge in [0.2, 0.25) is 10.0 Å². The maximum atomic E-state index is 12.6. The zero-order valence-corrected chi connectivity index (χ0v) is 17.6. The van der Waals surface area contributed by atoms with Crippen LogP contribution in [0.1, 0.15) is 28.8 Å². The molecule has 2 aliphatic heterocycles. The van der Waals surface area contributed by atoms with E-state index in [9.17, 15) is 18.0 Å². The molecule has 0 aromatic heterocycles. The van der Waals surface area contributed by atoms with E-state index in [4.69, 9.17) is 4.74 Å². The molecule has 1 N–H and O–H groups in total. The highest BCUT2D eigenvalue weighted by Gasteiger charge is 2.28. The summed E-state index contributed by atoms with van der Waals surface area (Å²) in [6.45, 7) is 4.56. The van der Waals surface area contributed by atoms with Gasteiger partial charge in [-0.1, -0.05) is 29.8 Å². The number of carbonyl (C=O) groups excluding carboxylic acids is 2. The summed E-state index contributed by atoms with van der Waals surface area (Å²) in [6.07, 6.45) is 1.23. The van der Waals surface area contributed by atoms with Crippen LogP contribution in [-0.2, 0) is 14.8 Å².